The van der Waals surface area contributed by atoms with Gasteiger partial charge in [-0.2, -0.15) is 15.0 Å². The molecule has 0 fully saturated rings. The van der Waals surface area contributed by atoms with Crippen LogP contribution >= 0.6 is 0 Å². The molecule has 0 atom stereocenters. The number of hydrogen-bond donors (Lipinski definition) is 1. The Balaban J connectivity index is 2.50. The fourth-order valence-electron chi connectivity index (χ4n) is 1.66. The highest BCUT2D eigenvalue weighted by Gasteiger charge is 2.10. The van der Waals surface area contributed by atoms with Gasteiger partial charge in [0.25, 0.3) is 0 Å². The quantitative estimate of drug-likeness (QED) is 0.917. The van der Waals surface area contributed by atoms with Gasteiger partial charge in [0.2, 0.25) is 5.95 Å². The second-order valence-corrected chi connectivity index (χ2v) is 3.97. The van der Waals surface area contributed by atoms with Crippen molar-refractivity contribution in [2.24, 2.45) is 0 Å². The van der Waals surface area contributed by atoms with Crippen molar-refractivity contribution in [2.45, 2.75) is 13.8 Å². The highest BCUT2D eigenvalue weighted by atomic mass is 19.1. The van der Waals surface area contributed by atoms with Crippen LogP contribution in [0.3, 0.4) is 0 Å². The zero-order chi connectivity index (χ0) is 13.8. The molecule has 6 heteroatoms. The first-order valence-electron chi connectivity index (χ1n) is 5.96. The van der Waals surface area contributed by atoms with Crippen LogP contribution in [-0.4, -0.2) is 28.6 Å². The lowest BCUT2D eigenvalue weighted by Gasteiger charge is -2.07. The van der Waals surface area contributed by atoms with Gasteiger partial charge in [-0.3, -0.25) is 0 Å². The van der Waals surface area contributed by atoms with Crippen molar-refractivity contribution in [1.29, 1.82) is 0 Å². The van der Waals surface area contributed by atoms with Crippen LogP contribution in [0.25, 0.3) is 11.4 Å². The molecule has 0 amide bonds. The monoisotopic (exact) mass is 262 g/mol. The van der Waals surface area contributed by atoms with Crippen LogP contribution in [0.4, 0.5) is 10.3 Å². The van der Waals surface area contributed by atoms with Gasteiger partial charge in [0.1, 0.15) is 5.82 Å². The van der Waals surface area contributed by atoms with E-state index in [0.29, 0.717) is 23.9 Å². The van der Waals surface area contributed by atoms with Crippen molar-refractivity contribution in [3.8, 4) is 17.4 Å². The highest BCUT2D eigenvalue weighted by molar-refractivity contribution is 5.57. The van der Waals surface area contributed by atoms with Crippen molar-refractivity contribution in [3.05, 3.63) is 29.6 Å². The molecule has 1 aromatic carbocycles. The van der Waals surface area contributed by atoms with E-state index < -0.39 is 0 Å². The topological polar surface area (TPSA) is 59.9 Å². The molecule has 5 nitrogen and oxygen atoms in total. The summed E-state index contributed by atoms with van der Waals surface area (Å²) in [6, 6.07) is 4.87. The summed E-state index contributed by atoms with van der Waals surface area (Å²) in [4.78, 5) is 12.4. The minimum Gasteiger partial charge on any atom is -0.464 e. The van der Waals surface area contributed by atoms with E-state index in [4.69, 9.17) is 4.74 Å². The fourth-order valence-corrected chi connectivity index (χ4v) is 1.66. The number of nitrogens with zero attached hydrogens (tertiary/aromatic N) is 3. The number of anilines is 1. The van der Waals surface area contributed by atoms with E-state index in [9.17, 15) is 4.39 Å². The zero-order valence-electron chi connectivity index (χ0n) is 11.1. The Hall–Kier alpha value is -2.24. The van der Waals surface area contributed by atoms with Crippen LogP contribution in [0.2, 0.25) is 0 Å². The predicted molar refractivity (Wildman–Crippen MR) is 70.7 cm³/mol. The molecule has 0 radical (unpaired) electrons. The minimum atomic E-state index is -0.320. The smallest absolute Gasteiger partial charge is 0.321 e. The van der Waals surface area contributed by atoms with Gasteiger partial charge < -0.3 is 10.1 Å². The Morgan fingerprint density at radius 3 is 2.63 bits per heavy atom. The maximum atomic E-state index is 13.4. The SMILES string of the molecule is CCOc1nc(NC)nc(-c2cc(C)cc(F)c2)n1. The Labute approximate surface area is 110 Å². The Morgan fingerprint density at radius 1 is 1.21 bits per heavy atom. The third-order valence-electron chi connectivity index (χ3n) is 2.41. The molecule has 2 aromatic rings. The van der Waals surface area contributed by atoms with Crippen molar-refractivity contribution < 1.29 is 9.13 Å². The van der Waals surface area contributed by atoms with Crippen LogP contribution in [0.1, 0.15) is 12.5 Å². The van der Waals surface area contributed by atoms with E-state index in [0.717, 1.165) is 5.56 Å². The first-order valence-corrected chi connectivity index (χ1v) is 5.96. The molecule has 0 saturated heterocycles. The number of benzene rings is 1. The molecule has 1 N–H and O–H groups in total. The molecule has 0 aliphatic carbocycles. The standard InChI is InChI=1S/C13H15FN4O/c1-4-19-13-17-11(16-12(15-3)18-13)9-5-8(2)6-10(14)7-9/h5-7H,4H2,1-3H3,(H,15,16,17,18). The van der Waals surface area contributed by atoms with E-state index in [1.165, 1.54) is 12.1 Å². The number of aromatic nitrogens is 3. The molecular weight excluding hydrogens is 247 g/mol. The van der Waals surface area contributed by atoms with E-state index in [-0.39, 0.29) is 11.8 Å². The summed E-state index contributed by atoms with van der Waals surface area (Å²) in [5.74, 6) is 0.445. The minimum absolute atomic E-state index is 0.221. The van der Waals surface area contributed by atoms with Gasteiger partial charge in [-0.05, 0) is 37.6 Å². The van der Waals surface area contributed by atoms with E-state index in [1.54, 1.807) is 7.05 Å². The van der Waals surface area contributed by atoms with Gasteiger partial charge in [0.05, 0.1) is 6.61 Å². The summed E-state index contributed by atoms with van der Waals surface area (Å²) in [7, 11) is 1.70. The molecule has 100 valence electrons. The molecule has 0 bridgehead atoms. The Morgan fingerprint density at radius 2 is 2.00 bits per heavy atom. The van der Waals surface area contributed by atoms with Crippen LogP contribution in [0.15, 0.2) is 18.2 Å². The van der Waals surface area contributed by atoms with Gasteiger partial charge in [-0.1, -0.05) is 0 Å². The number of halogens is 1. The lowest BCUT2D eigenvalue weighted by atomic mass is 10.1. The van der Waals surface area contributed by atoms with Crippen LogP contribution < -0.4 is 10.1 Å². The van der Waals surface area contributed by atoms with Crippen molar-refractivity contribution in [2.75, 3.05) is 19.0 Å². The summed E-state index contributed by atoms with van der Waals surface area (Å²) >= 11 is 0. The lowest BCUT2D eigenvalue weighted by molar-refractivity contribution is 0.312. The average Bonchev–Trinajstić information content (AvgIpc) is 2.37. The van der Waals surface area contributed by atoms with Gasteiger partial charge in [-0.15, -0.1) is 0 Å². The summed E-state index contributed by atoms with van der Waals surface area (Å²) in [5.41, 5.74) is 1.40. The van der Waals surface area contributed by atoms with E-state index >= 15 is 0 Å². The van der Waals surface area contributed by atoms with Gasteiger partial charge >= 0.3 is 6.01 Å². The molecule has 19 heavy (non-hydrogen) atoms. The third-order valence-corrected chi connectivity index (χ3v) is 2.41. The lowest BCUT2D eigenvalue weighted by Crippen LogP contribution is -2.05. The number of hydrogen-bond acceptors (Lipinski definition) is 5. The molecule has 0 aliphatic heterocycles. The van der Waals surface area contributed by atoms with Crippen LogP contribution in [0.5, 0.6) is 6.01 Å². The molecule has 1 heterocycles. The molecule has 0 aliphatic rings. The Kier molecular flexibility index (Phi) is 3.89. The van der Waals surface area contributed by atoms with Gasteiger partial charge in [-0.25, -0.2) is 4.39 Å². The molecule has 2 rings (SSSR count). The number of aryl methyl sites for hydroxylation is 1. The second-order valence-electron chi connectivity index (χ2n) is 3.97. The largest absolute Gasteiger partial charge is 0.464 e. The van der Waals surface area contributed by atoms with Crippen LogP contribution in [0, 0.1) is 12.7 Å². The summed E-state index contributed by atoms with van der Waals surface area (Å²) in [5, 5.41) is 2.83. The maximum absolute atomic E-state index is 13.4. The predicted octanol–water partition coefficient (Wildman–Crippen LogP) is 2.43. The molecule has 1 aromatic heterocycles. The average molecular weight is 262 g/mol. The first kappa shape index (κ1) is 13.2. The zero-order valence-corrected chi connectivity index (χ0v) is 11.1. The molecule has 0 unspecified atom stereocenters. The van der Waals surface area contributed by atoms with Gasteiger partial charge in [0.15, 0.2) is 5.82 Å². The summed E-state index contributed by atoms with van der Waals surface area (Å²) < 4.78 is 18.7. The molecular formula is C13H15FN4O. The summed E-state index contributed by atoms with van der Waals surface area (Å²) in [6.07, 6.45) is 0. The summed E-state index contributed by atoms with van der Waals surface area (Å²) in [6.45, 7) is 4.11. The van der Waals surface area contributed by atoms with E-state index in [1.807, 2.05) is 19.9 Å². The normalized spacial score (nSPS) is 10.3. The number of ether oxygens (including phenoxy) is 1. The van der Waals surface area contributed by atoms with Crippen LogP contribution in [-0.2, 0) is 0 Å². The first-order chi connectivity index (χ1) is 9.12. The van der Waals surface area contributed by atoms with Gasteiger partial charge in [0, 0.05) is 12.6 Å². The third kappa shape index (κ3) is 3.15. The number of nitrogens with one attached hydrogen (secondary N) is 1. The van der Waals surface area contributed by atoms with E-state index in [2.05, 4.69) is 20.3 Å². The maximum Gasteiger partial charge on any atom is 0.321 e. The highest BCUT2D eigenvalue weighted by Crippen LogP contribution is 2.21. The van der Waals surface area contributed by atoms with Crippen molar-refractivity contribution in [1.82, 2.24) is 15.0 Å². The number of rotatable bonds is 4. The van der Waals surface area contributed by atoms with Crippen molar-refractivity contribution >= 4 is 5.95 Å². The molecule has 0 spiro atoms. The fraction of sp³-hybridized carbons (Fsp3) is 0.308. The molecule has 0 saturated carbocycles. The Bertz CT molecular complexity index is 569. The second kappa shape index (κ2) is 5.60. The van der Waals surface area contributed by atoms with Crippen molar-refractivity contribution in [3.63, 3.8) is 0 Å².